The molecule has 11 heteroatoms. The maximum Gasteiger partial charge on any atom is 0.414 e. The van der Waals surface area contributed by atoms with Gasteiger partial charge in [-0.3, -0.25) is 14.9 Å². The number of anilines is 2. The molecule has 0 bridgehead atoms. The molecule has 0 aliphatic carbocycles. The predicted molar refractivity (Wildman–Crippen MR) is 131 cm³/mol. The zero-order valence-electron chi connectivity index (χ0n) is 18.3. The molecule has 2 aromatic heterocycles. The van der Waals surface area contributed by atoms with Crippen LogP contribution in [0.25, 0.3) is 0 Å². The molecular weight excluding hydrogens is 479 g/mol. The Morgan fingerprint density at radius 3 is 2.59 bits per heavy atom. The number of H-pyrrole nitrogens is 1. The monoisotopic (exact) mass is 502 g/mol. The molecule has 0 radical (unpaired) electrons. The number of nitrogens with zero attached hydrogens (tertiary/aromatic N) is 3. The summed E-state index contributed by atoms with van der Waals surface area (Å²) in [6, 6.07) is 10.6. The molecule has 178 valence electrons. The van der Waals surface area contributed by atoms with E-state index in [-0.39, 0.29) is 22.3 Å². The van der Waals surface area contributed by atoms with Gasteiger partial charge in [-0.1, -0.05) is 35.3 Å². The highest BCUT2D eigenvalue weighted by atomic mass is 35.5. The highest BCUT2D eigenvalue weighted by Gasteiger charge is 2.21. The molecule has 1 saturated heterocycles. The van der Waals surface area contributed by atoms with E-state index >= 15 is 0 Å². The van der Waals surface area contributed by atoms with E-state index in [1.165, 1.54) is 5.69 Å². The van der Waals surface area contributed by atoms with Gasteiger partial charge in [0, 0.05) is 37.7 Å². The Balaban J connectivity index is 1.20. The summed E-state index contributed by atoms with van der Waals surface area (Å²) in [7, 11) is 0. The summed E-state index contributed by atoms with van der Waals surface area (Å²) in [6.45, 7) is 2.44. The van der Waals surface area contributed by atoms with Gasteiger partial charge in [0.2, 0.25) is 0 Å². The van der Waals surface area contributed by atoms with Crippen LogP contribution in [0, 0.1) is 5.92 Å². The molecule has 0 spiro atoms. The van der Waals surface area contributed by atoms with Crippen molar-refractivity contribution < 1.29 is 14.3 Å². The molecule has 0 saturated carbocycles. The summed E-state index contributed by atoms with van der Waals surface area (Å²) in [6.07, 6.45) is 5.91. The highest BCUT2D eigenvalue weighted by molar-refractivity contribution is 6.36. The second-order valence-corrected chi connectivity index (χ2v) is 8.68. The average molecular weight is 503 g/mol. The van der Waals surface area contributed by atoms with E-state index in [1.807, 2.05) is 12.1 Å². The van der Waals surface area contributed by atoms with Crippen LogP contribution in [-0.2, 0) is 0 Å². The van der Waals surface area contributed by atoms with Crippen LogP contribution in [0.1, 0.15) is 29.6 Å². The van der Waals surface area contributed by atoms with Crippen LogP contribution in [0.3, 0.4) is 0 Å². The minimum absolute atomic E-state index is 0.0148. The van der Waals surface area contributed by atoms with Gasteiger partial charge < -0.3 is 20.3 Å². The van der Waals surface area contributed by atoms with Gasteiger partial charge in [0.05, 0.1) is 10.6 Å². The fraction of sp³-hybridized carbons (Fsp3) is 0.304. The topological polar surface area (TPSA) is 112 Å². The second kappa shape index (κ2) is 11.2. The van der Waals surface area contributed by atoms with Crippen molar-refractivity contribution in [3.8, 4) is 5.88 Å². The van der Waals surface area contributed by atoms with E-state index in [9.17, 15) is 9.59 Å². The normalized spacial score (nSPS) is 14.0. The van der Waals surface area contributed by atoms with Crippen molar-refractivity contribution in [1.82, 2.24) is 20.5 Å². The first kappa shape index (κ1) is 23.8. The van der Waals surface area contributed by atoms with Gasteiger partial charge in [-0.25, -0.2) is 4.79 Å². The third kappa shape index (κ3) is 5.98. The Morgan fingerprint density at radius 2 is 1.85 bits per heavy atom. The van der Waals surface area contributed by atoms with Crippen molar-refractivity contribution >= 4 is 46.7 Å². The van der Waals surface area contributed by atoms with Crippen LogP contribution in [-0.4, -0.2) is 46.8 Å². The molecule has 0 atom stereocenters. The van der Waals surface area contributed by atoms with Crippen molar-refractivity contribution in [2.45, 2.75) is 19.3 Å². The van der Waals surface area contributed by atoms with Crippen LogP contribution in [0.15, 0.2) is 48.8 Å². The van der Waals surface area contributed by atoms with Gasteiger partial charge >= 0.3 is 6.09 Å². The molecule has 1 aliphatic heterocycles. The maximum atomic E-state index is 12.4. The number of halogens is 2. The van der Waals surface area contributed by atoms with E-state index in [4.69, 9.17) is 27.9 Å². The molecule has 3 aromatic rings. The lowest BCUT2D eigenvalue weighted by atomic mass is 9.93. The number of nitrogens with one attached hydrogen (secondary N) is 3. The number of ether oxygens (including phenoxy) is 1. The number of amides is 2. The van der Waals surface area contributed by atoms with Crippen LogP contribution < -0.4 is 20.3 Å². The molecule has 1 aliphatic rings. The van der Waals surface area contributed by atoms with E-state index in [0.29, 0.717) is 17.5 Å². The number of piperidine rings is 1. The molecule has 0 unspecified atom stereocenters. The Labute approximate surface area is 206 Å². The van der Waals surface area contributed by atoms with Crippen LogP contribution >= 0.6 is 23.2 Å². The molecular formula is C23H24Cl2N6O3. The fourth-order valence-electron chi connectivity index (χ4n) is 3.83. The number of aromatic amines is 1. The summed E-state index contributed by atoms with van der Waals surface area (Å²) < 4.78 is 5.19. The third-order valence-corrected chi connectivity index (χ3v) is 6.37. The molecule has 2 amide bonds. The highest BCUT2D eigenvalue weighted by Crippen LogP contribution is 2.30. The number of pyridine rings is 1. The summed E-state index contributed by atoms with van der Waals surface area (Å²) in [5, 5.41) is 12.0. The average Bonchev–Trinajstić information content (AvgIpc) is 3.19. The lowest BCUT2D eigenvalue weighted by Crippen LogP contribution is -2.35. The minimum Gasteiger partial charge on any atom is -0.388 e. The van der Waals surface area contributed by atoms with Crippen molar-refractivity contribution in [1.29, 1.82) is 0 Å². The van der Waals surface area contributed by atoms with Gasteiger partial charge in [0.25, 0.3) is 11.8 Å². The number of hydrogen-bond acceptors (Lipinski definition) is 6. The number of hydrogen-bond donors (Lipinski definition) is 3. The van der Waals surface area contributed by atoms with Crippen molar-refractivity contribution in [2.24, 2.45) is 5.92 Å². The van der Waals surface area contributed by atoms with Crippen LogP contribution in [0.4, 0.5) is 16.3 Å². The molecule has 1 fully saturated rings. The summed E-state index contributed by atoms with van der Waals surface area (Å²) in [5.74, 6) is 0.0377. The summed E-state index contributed by atoms with van der Waals surface area (Å²) in [5.41, 5.74) is 1.47. The zero-order valence-corrected chi connectivity index (χ0v) is 19.8. The lowest BCUT2D eigenvalue weighted by Gasteiger charge is -2.33. The Hall–Kier alpha value is -3.30. The van der Waals surface area contributed by atoms with Crippen LogP contribution in [0.2, 0.25) is 10.0 Å². The standard InChI is InChI=1S/C23H24Cl2N6O3/c24-18-4-2-1-3-17(18)21(32)28-20-19(25)22(30-29-20)34-23(33)27-12-5-15-8-13-31(14-9-15)16-6-10-26-11-7-16/h1-4,6-7,10-11,15H,5,8-9,12-14H2,(H,27,33)(H2,28,29,30,32). The van der Waals surface area contributed by atoms with Gasteiger partial charge in [-0.15, -0.1) is 5.10 Å². The van der Waals surface area contributed by atoms with Gasteiger partial charge in [0.15, 0.2) is 5.82 Å². The van der Waals surface area contributed by atoms with Crippen molar-refractivity contribution in [2.75, 3.05) is 29.9 Å². The first-order chi connectivity index (χ1) is 16.5. The van der Waals surface area contributed by atoms with E-state index < -0.39 is 12.0 Å². The molecule has 4 rings (SSSR count). The minimum atomic E-state index is -0.661. The SMILES string of the molecule is O=C(NCCC1CCN(c2ccncc2)CC1)Oc1n[nH]c(NC(=O)c2ccccc2Cl)c1Cl. The number of aromatic nitrogens is 3. The lowest BCUT2D eigenvalue weighted by molar-refractivity contribution is 0.102. The van der Waals surface area contributed by atoms with Gasteiger partial charge in [-0.05, 0) is 49.4 Å². The third-order valence-electron chi connectivity index (χ3n) is 5.69. The number of benzene rings is 1. The van der Waals surface area contributed by atoms with Crippen molar-refractivity contribution in [3.05, 3.63) is 64.4 Å². The van der Waals surface area contributed by atoms with E-state index in [2.05, 4.69) is 30.7 Å². The van der Waals surface area contributed by atoms with Crippen LogP contribution in [0.5, 0.6) is 5.88 Å². The molecule has 3 N–H and O–H groups in total. The smallest absolute Gasteiger partial charge is 0.388 e. The molecule has 9 nitrogen and oxygen atoms in total. The summed E-state index contributed by atoms with van der Waals surface area (Å²) >= 11 is 12.2. The van der Waals surface area contributed by atoms with E-state index in [0.717, 1.165) is 32.4 Å². The fourth-order valence-corrected chi connectivity index (χ4v) is 4.22. The van der Waals surface area contributed by atoms with E-state index in [1.54, 1.807) is 36.7 Å². The predicted octanol–water partition coefficient (Wildman–Crippen LogP) is 4.76. The van der Waals surface area contributed by atoms with Crippen molar-refractivity contribution in [3.63, 3.8) is 0 Å². The maximum absolute atomic E-state index is 12.4. The number of rotatable bonds is 7. The number of carbonyl (C=O) groups is 2. The Kier molecular flexibility index (Phi) is 7.87. The second-order valence-electron chi connectivity index (χ2n) is 7.89. The number of carbonyl (C=O) groups excluding carboxylic acids is 2. The zero-order chi connectivity index (χ0) is 23.9. The largest absolute Gasteiger partial charge is 0.414 e. The molecule has 34 heavy (non-hydrogen) atoms. The quantitative estimate of drug-likeness (QED) is 0.429. The first-order valence-electron chi connectivity index (χ1n) is 10.9. The molecule has 3 heterocycles. The molecule has 1 aromatic carbocycles. The van der Waals surface area contributed by atoms with Gasteiger partial charge in [-0.2, -0.15) is 0 Å². The summed E-state index contributed by atoms with van der Waals surface area (Å²) in [4.78, 5) is 31.0. The Bertz CT molecular complexity index is 1130. The Morgan fingerprint density at radius 1 is 1.12 bits per heavy atom. The first-order valence-corrected chi connectivity index (χ1v) is 11.7. The van der Waals surface area contributed by atoms with Gasteiger partial charge in [0.1, 0.15) is 5.02 Å².